The van der Waals surface area contributed by atoms with E-state index in [1.165, 1.54) is 6.92 Å². The lowest BCUT2D eigenvalue weighted by Crippen LogP contribution is -2.10. The Morgan fingerprint density at radius 2 is 1.86 bits per heavy atom. The highest BCUT2D eigenvalue weighted by Crippen LogP contribution is 2.29. The minimum atomic E-state index is -1.34. The van der Waals surface area contributed by atoms with E-state index in [4.69, 9.17) is 5.73 Å². The predicted molar refractivity (Wildman–Crippen MR) is 45.5 cm³/mol. The van der Waals surface area contributed by atoms with Crippen molar-refractivity contribution in [1.82, 2.24) is 0 Å². The number of rotatable bonds is 2. The molecule has 0 amide bonds. The number of halogens is 3. The molecule has 0 radical (unpaired) electrons. The van der Waals surface area contributed by atoms with Gasteiger partial charge in [0.05, 0.1) is 7.11 Å². The molecule has 1 atom stereocenters. The normalized spacial score (nSPS) is 12.7. The molecule has 0 aliphatic heterocycles. The predicted octanol–water partition coefficient (Wildman–Crippen LogP) is 2.13. The molecule has 2 nitrogen and oxygen atoms in total. The maximum Gasteiger partial charge on any atom is 0.203 e. The van der Waals surface area contributed by atoms with Crippen molar-refractivity contribution in [3.05, 3.63) is 29.1 Å². The van der Waals surface area contributed by atoms with Crippen LogP contribution < -0.4 is 10.5 Å². The highest BCUT2D eigenvalue weighted by Gasteiger charge is 2.20. The lowest BCUT2D eigenvalue weighted by molar-refractivity contribution is 0.343. The van der Waals surface area contributed by atoms with E-state index in [-0.39, 0.29) is 5.56 Å². The highest BCUT2D eigenvalue weighted by atomic mass is 19.2. The second kappa shape index (κ2) is 3.88. The largest absolute Gasteiger partial charge is 0.491 e. The quantitative estimate of drug-likeness (QED) is 0.750. The monoisotopic (exact) mass is 205 g/mol. The van der Waals surface area contributed by atoms with Crippen molar-refractivity contribution in [2.45, 2.75) is 13.0 Å². The van der Waals surface area contributed by atoms with Gasteiger partial charge < -0.3 is 10.5 Å². The number of nitrogens with two attached hydrogens (primary N) is 1. The van der Waals surface area contributed by atoms with Crippen molar-refractivity contribution in [2.24, 2.45) is 5.73 Å². The minimum absolute atomic E-state index is 0.110. The average molecular weight is 205 g/mol. The molecule has 0 spiro atoms. The minimum Gasteiger partial charge on any atom is -0.491 e. The van der Waals surface area contributed by atoms with E-state index in [2.05, 4.69) is 4.74 Å². The van der Waals surface area contributed by atoms with Crippen LogP contribution >= 0.6 is 0 Å². The summed E-state index contributed by atoms with van der Waals surface area (Å²) in [6.07, 6.45) is 0. The molecule has 14 heavy (non-hydrogen) atoms. The zero-order valence-corrected chi connectivity index (χ0v) is 7.77. The molecule has 1 aromatic carbocycles. The number of benzene rings is 1. The third-order valence-corrected chi connectivity index (χ3v) is 1.84. The van der Waals surface area contributed by atoms with E-state index in [0.29, 0.717) is 0 Å². The van der Waals surface area contributed by atoms with E-state index >= 15 is 0 Å². The number of hydrogen-bond donors (Lipinski definition) is 1. The molecule has 0 heterocycles. The van der Waals surface area contributed by atoms with Gasteiger partial charge in [0.1, 0.15) is 0 Å². The van der Waals surface area contributed by atoms with Crippen LogP contribution in [0.25, 0.3) is 0 Å². The SMILES string of the molecule is COc1c(F)c(F)cc(C(C)N)c1F. The Labute approximate surface area is 79.5 Å². The van der Waals surface area contributed by atoms with Crippen LogP contribution in [0.4, 0.5) is 13.2 Å². The molecule has 0 bridgehead atoms. The summed E-state index contributed by atoms with van der Waals surface area (Å²) >= 11 is 0. The summed E-state index contributed by atoms with van der Waals surface area (Å²) in [6.45, 7) is 1.47. The summed E-state index contributed by atoms with van der Waals surface area (Å²) < 4.78 is 43.6. The summed E-state index contributed by atoms with van der Waals surface area (Å²) in [4.78, 5) is 0. The molecule has 78 valence electrons. The van der Waals surface area contributed by atoms with Crippen molar-refractivity contribution in [2.75, 3.05) is 7.11 Å². The second-order valence-electron chi connectivity index (χ2n) is 2.90. The smallest absolute Gasteiger partial charge is 0.203 e. The van der Waals surface area contributed by atoms with Crippen molar-refractivity contribution < 1.29 is 17.9 Å². The second-order valence-corrected chi connectivity index (χ2v) is 2.90. The highest BCUT2D eigenvalue weighted by molar-refractivity contribution is 5.35. The lowest BCUT2D eigenvalue weighted by atomic mass is 10.1. The summed E-state index contributed by atoms with van der Waals surface area (Å²) in [5.41, 5.74) is 5.26. The van der Waals surface area contributed by atoms with E-state index in [0.717, 1.165) is 13.2 Å². The van der Waals surface area contributed by atoms with Crippen LogP contribution in [0.2, 0.25) is 0 Å². The molecule has 0 saturated carbocycles. The first-order valence-electron chi connectivity index (χ1n) is 3.96. The van der Waals surface area contributed by atoms with Crippen LogP contribution in [-0.2, 0) is 0 Å². The molecule has 1 unspecified atom stereocenters. The molecule has 0 saturated heterocycles. The fourth-order valence-corrected chi connectivity index (χ4v) is 1.11. The average Bonchev–Trinajstić information content (AvgIpc) is 2.12. The molecule has 2 N–H and O–H groups in total. The summed E-state index contributed by atoms with van der Waals surface area (Å²) in [6, 6.07) is 0.0108. The van der Waals surface area contributed by atoms with Crippen molar-refractivity contribution >= 4 is 0 Å². The third kappa shape index (κ3) is 1.68. The van der Waals surface area contributed by atoms with Crippen molar-refractivity contribution in [1.29, 1.82) is 0 Å². The first kappa shape index (κ1) is 10.8. The standard InChI is InChI=1S/C9H10F3NO/c1-4(13)5-3-6(10)8(12)9(14-2)7(5)11/h3-4H,13H2,1-2H3. The topological polar surface area (TPSA) is 35.2 Å². The first-order valence-corrected chi connectivity index (χ1v) is 3.96. The van der Waals surface area contributed by atoms with Gasteiger partial charge >= 0.3 is 0 Å². The van der Waals surface area contributed by atoms with Gasteiger partial charge in [-0.3, -0.25) is 0 Å². The van der Waals surface area contributed by atoms with Crippen LogP contribution in [0.1, 0.15) is 18.5 Å². The molecule has 0 aliphatic rings. The Morgan fingerprint density at radius 1 is 1.29 bits per heavy atom. The van der Waals surface area contributed by atoms with Crippen LogP contribution in [0.15, 0.2) is 6.07 Å². The molecule has 1 aromatic rings. The van der Waals surface area contributed by atoms with Crippen molar-refractivity contribution in [3.8, 4) is 5.75 Å². The molecule has 0 aliphatic carbocycles. The summed E-state index contributed by atoms with van der Waals surface area (Å²) in [5, 5.41) is 0. The molecule has 1 rings (SSSR count). The van der Waals surface area contributed by atoms with E-state index < -0.39 is 29.2 Å². The molecular formula is C9H10F3NO. The lowest BCUT2D eigenvalue weighted by Gasteiger charge is -2.11. The Hall–Kier alpha value is -1.23. The van der Waals surface area contributed by atoms with Gasteiger partial charge in [-0.1, -0.05) is 0 Å². The van der Waals surface area contributed by atoms with E-state index in [9.17, 15) is 13.2 Å². The summed E-state index contributed by atoms with van der Waals surface area (Å²) in [7, 11) is 1.06. The van der Waals surface area contributed by atoms with Gasteiger partial charge in [-0.05, 0) is 13.0 Å². The van der Waals surface area contributed by atoms with Gasteiger partial charge in [0, 0.05) is 11.6 Å². The van der Waals surface area contributed by atoms with E-state index in [1.54, 1.807) is 0 Å². The van der Waals surface area contributed by atoms with Gasteiger partial charge in [-0.2, -0.15) is 4.39 Å². The van der Waals surface area contributed by atoms with Gasteiger partial charge in [-0.25, -0.2) is 8.78 Å². The molecule has 5 heteroatoms. The number of methoxy groups -OCH3 is 1. The van der Waals surface area contributed by atoms with Crippen LogP contribution in [0.3, 0.4) is 0 Å². The maximum absolute atomic E-state index is 13.4. The van der Waals surface area contributed by atoms with Gasteiger partial charge in [-0.15, -0.1) is 0 Å². The van der Waals surface area contributed by atoms with Gasteiger partial charge in [0.15, 0.2) is 17.4 Å². The van der Waals surface area contributed by atoms with Crippen LogP contribution in [-0.4, -0.2) is 7.11 Å². The van der Waals surface area contributed by atoms with E-state index in [1.807, 2.05) is 0 Å². The van der Waals surface area contributed by atoms with Gasteiger partial charge in [0.25, 0.3) is 0 Å². The third-order valence-electron chi connectivity index (χ3n) is 1.84. The zero-order valence-electron chi connectivity index (χ0n) is 7.77. The van der Waals surface area contributed by atoms with Crippen molar-refractivity contribution in [3.63, 3.8) is 0 Å². The molecule has 0 fully saturated rings. The van der Waals surface area contributed by atoms with Crippen LogP contribution in [0.5, 0.6) is 5.75 Å². The first-order chi connectivity index (χ1) is 6.49. The Bertz CT molecular complexity index is 352. The number of hydrogen-bond acceptors (Lipinski definition) is 2. The van der Waals surface area contributed by atoms with Crippen LogP contribution in [0, 0.1) is 17.5 Å². The Morgan fingerprint density at radius 3 is 2.29 bits per heavy atom. The molecule has 0 aromatic heterocycles. The molecular weight excluding hydrogens is 195 g/mol. The fraction of sp³-hybridized carbons (Fsp3) is 0.333. The van der Waals surface area contributed by atoms with Gasteiger partial charge in [0.2, 0.25) is 5.82 Å². The Kier molecular flexibility index (Phi) is 3.00. The zero-order chi connectivity index (χ0) is 10.9. The summed E-state index contributed by atoms with van der Waals surface area (Å²) in [5.74, 6) is -4.20. The number of ether oxygens (including phenoxy) is 1. The fourth-order valence-electron chi connectivity index (χ4n) is 1.11. The Balaban J connectivity index is 3.42. The maximum atomic E-state index is 13.4.